The van der Waals surface area contributed by atoms with E-state index in [2.05, 4.69) is 9.97 Å². The average molecular weight is 276 g/mol. The minimum absolute atomic E-state index is 0.316. The second-order valence-corrected chi connectivity index (χ2v) is 4.92. The highest BCUT2D eigenvalue weighted by Gasteiger charge is 2.36. The maximum Gasteiger partial charge on any atom is 0.323 e. The molecule has 1 fully saturated rings. The monoisotopic (exact) mass is 276 g/mol. The molecule has 0 saturated carbocycles. The minimum atomic E-state index is -0.505. The van der Waals surface area contributed by atoms with Crippen LogP contribution >= 0.6 is 0 Å². The summed E-state index contributed by atoms with van der Waals surface area (Å²) < 4.78 is 6.61. The molecule has 2 unspecified atom stereocenters. The van der Waals surface area contributed by atoms with Crippen LogP contribution in [-0.4, -0.2) is 56.1 Å². The Morgan fingerprint density at radius 1 is 1.60 bits per heavy atom. The molecule has 0 aromatic carbocycles. The van der Waals surface area contributed by atoms with Crippen molar-refractivity contribution in [1.82, 2.24) is 19.3 Å². The van der Waals surface area contributed by atoms with Gasteiger partial charge < -0.3 is 9.84 Å². The lowest BCUT2D eigenvalue weighted by atomic mass is 10.2. The van der Waals surface area contributed by atoms with Crippen molar-refractivity contribution in [1.29, 1.82) is 0 Å². The molecule has 1 aliphatic rings. The molecule has 20 heavy (non-hydrogen) atoms. The average Bonchev–Trinajstić information content (AvgIpc) is 3.01. The number of carbonyl (C=O) groups is 1. The first-order valence-corrected chi connectivity index (χ1v) is 6.46. The summed E-state index contributed by atoms with van der Waals surface area (Å²) in [5, 5.41) is 9.74. The smallest absolute Gasteiger partial charge is 0.323 e. The number of likely N-dealkylation sites (tertiary alicyclic amines) is 1. The van der Waals surface area contributed by atoms with Gasteiger partial charge in [-0.3, -0.25) is 14.1 Å². The van der Waals surface area contributed by atoms with Gasteiger partial charge in [0.1, 0.15) is 6.04 Å². The van der Waals surface area contributed by atoms with E-state index in [1.165, 1.54) is 7.11 Å². The predicted octanol–water partition coefficient (Wildman–Crippen LogP) is -0.163. The van der Waals surface area contributed by atoms with Crippen LogP contribution in [0.15, 0.2) is 24.7 Å². The molecule has 0 aliphatic carbocycles. The topological polar surface area (TPSA) is 80.0 Å². The second kappa shape index (κ2) is 5.18. The Morgan fingerprint density at radius 2 is 2.45 bits per heavy atom. The van der Waals surface area contributed by atoms with Crippen molar-refractivity contribution in [2.45, 2.75) is 25.1 Å². The number of ether oxygens (including phenoxy) is 1. The SMILES string of the molecule is COC(=O)C1CC(O)CN1Cc1cn2cccnc2n1. The van der Waals surface area contributed by atoms with E-state index in [4.69, 9.17) is 4.74 Å². The van der Waals surface area contributed by atoms with E-state index in [0.29, 0.717) is 25.3 Å². The number of fused-ring (bicyclic) bond motifs is 1. The number of aromatic nitrogens is 3. The number of aliphatic hydroxyl groups excluding tert-OH is 1. The number of β-amino-alcohol motifs (C(OH)–C–C–N with tert-alkyl or cyclic N) is 1. The maximum absolute atomic E-state index is 11.7. The van der Waals surface area contributed by atoms with Gasteiger partial charge >= 0.3 is 5.97 Å². The molecule has 7 heteroatoms. The van der Waals surface area contributed by atoms with Gasteiger partial charge in [-0.05, 0) is 6.07 Å². The number of hydrogen-bond acceptors (Lipinski definition) is 6. The van der Waals surface area contributed by atoms with Crippen molar-refractivity contribution in [2.75, 3.05) is 13.7 Å². The first-order valence-electron chi connectivity index (χ1n) is 6.46. The fourth-order valence-electron chi connectivity index (χ4n) is 2.60. The predicted molar refractivity (Wildman–Crippen MR) is 69.8 cm³/mol. The minimum Gasteiger partial charge on any atom is -0.468 e. The lowest BCUT2D eigenvalue weighted by Gasteiger charge is -2.20. The van der Waals surface area contributed by atoms with E-state index in [0.717, 1.165) is 5.69 Å². The highest BCUT2D eigenvalue weighted by molar-refractivity contribution is 5.76. The van der Waals surface area contributed by atoms with Crippen molar-refractivity contribution >= 4 is 11.7 Å². The normalized spacial score (nSPS) is 23.3. The number of aliphatic hydroxyl groups is 1. The van der Waals surface area contributed by atoms with Crippen LogP contribution in [0, 0.1) is 0 Å². The van der Waals surface area contributed by atoms with E-state index in [9.17, 15) is 9.90 Å². The Balaban J connectivity index is 1.80. The molecule has 1 aliphatic heterocycles. The molecule has 2 aromatic rings. The van der Waals surface area contributed by atoms with Crippen LogP contribution in [0.4, 0.5) is 0 Å². The third kappa shape index (κ3) is 2.37. The van der Waals surface area contributed by atoms with Gasteiger partial charge in [0.25, 0.3) is 0 Å². The summed E-state index contributed by atoms with van der Waals surface area (Å²) in [5.41, 5.74) is 0.812. The molecule has 0 spiro atoms. The number of methoxy groups -OCH3 is 1. The second-order valence-electron chi connectivity index (χ2n) is 4.92. The molecule has 2 atom stereocenters. The Bertz CT molecular complexity index is 594. The molecule has 1 saturated heterocycles. The van der Waals surface area contributed by atoms with Gasteiger partial charge in [-0.15, -0.1) is 0 Å². The Hall–Kier alpha value is -1.99. The quantitative estimate of drug-likeness (QED) is 0.785. The van der Waals surface area contributed by atoms with Crippen LogP contribution in [0.5, 0.6) is 0 Å². The van der Waals surface area contributed by atoms with Crippen LogP contribution in [0.3, 0.4) is 0 Å². The summed E-state index contributed by atoms with van der Waals surface area (Å²) in [6, 6.07) is 1.42. The van der Waals surface area contributed by atoms with E-state index < -0.39 is 12.1 Å². The number of carbonyl (C=O) groups excluding carboxylic acids is 1. The van der Waals surface area contributed by atoms with Gasteiger partial charge in [-0.2, -0.15) is 0 Å². The lowest BCUT2D eigenvalue weighted by molar-refractivity contribution is -0.146. The first kappa shape index (κ1) is 13.0. The van der Waals surface area contributed by atoms with Crippen molar-refractivity contribution in [2.24, 2.45) is 0 Å². The highest BCUT2D eigenvalue weighted by atomic mass is 16.5. The lowest BCUT2D eigenvalue weighted by Crippen LogP contribution is -2.36. The van der Waals surface area contributed by atoms with Crippen LogP contribution in [-0.2, 0) is 16.1 Å². The molecule has 0 amide bonds. The summed E-state index contributed by atoms with van der Waals surface area (Å²) in [4.78, 5) is 22.2. The number of nitrogens with zero attached hydrogens (tertiary/aromatic N) is 4. The Labute approximate surface area is 115 Å². The summed E-state index contributed by atoms with van der Waals surface area (Å²) in [5.74, 6) is 0.306. The molecule has 7 nitrogen and oxygen atoms in total. The van der Waals surface area contributed by atoms with Gasteiger partial charge in [-0.25, -0.2) is 9.97 Å². The standard InChI is InChI=1S/C13H16N4O3/c1-20-12(19)11-5-10(18)8-17(11)7-9-6-16-4-2-3-14-13(16)15-9/h2-4,6,10-11,18H,5,7-8H2,1H3. The Morgan fingerprint density at radius 3 is 3.20 bits per heavy atom. The third-order valence-corrected chi connectivity index (χ3v) is 3.51. The molecule has 0 bridgehead atoms. The van der Waals surface area contributed by atoms with Crippen LogP contribution in [0.25, 0.3) is 5.78 Å². The van der Waals surface area contributed by atoms with Crippen molar-refractivity contribution < 1.29 is 14.6 Å². The molecule has 0 radical (unpaired) electrons. The van der Waals surface area contributed by atoms with Crippen molar-refractivity contribution in [3.63, 3.8) is 0 Å². The molecule has 2 aromatic heterocycles. The molecule has 1 N–H and O–H groups in total. The third-order valence-electron chi connectivity index (χ3n) is 3.51. The summed E-state index contributed by atoms with van der Waals surface area (Å²) in [7, 11) is 1.36. The zero-order chi connectivity index (χ0) is 14.1. The zero-order valence-electron chi connectivity index (χ0n) is 11.1. The van der Waals surface area contributed by atoms with E-state index >= 15 is 0 Å². The molecular formula is C13H16N4O3. The van der Waals surface area contributed by atoms with Crippen LogP contribution in [0.2, 0.25) is 0 Å². The largest absolute Gasteiger partial charge is 0.468 e. The van der Waals surface area contributed by atoms with Gasteiger partial charge in [-0.1, -0.05) is 0 Å². The summed E-state index contributed by atoms with van der Waals surface area (Å²) >= 11 is 0. The highest BCUT2D eigenvalue weighted by Crippen LogP contribution is 2.21. The zero-order valence-corrected chi connectivity index (χ0v) is 11.1. The van der Waals surface area contributed by atoms with E-state index in [-0.39, 0.29) is 5.97 Å². The first-order chi connectivity index (χ1) is 9.67. The number of hydrogen-bond donors (Lipinski definition) is 1. The van der Waals surface area contributed by atoms with Gasteiger partial charge in [0.05, 0.1) is 18.9 Å². The van der Waals surface area contributed by atoms with Gasteiger partial charge in [0.2, 0.25) is 5.78 Å². The van der Waals surface area contributed by atoms with Crippen molar-refractivity contribution in [3.8, 4) is 0 Å². The number of esters is 1. The van der Waals surface area contributed by atoms with E-state index in [1.807, 2.05) is 27.8 Å². The van der Waals surface area contributed by atoms with Crippen molar-refractivity contribution in [3.05, 3.63) is 30.4 Å². The fraction of sp³-hybridized carbons (Fsp3) is 0.462. The number of imidazole rings is 1. The van der Waals surface area contributed by atoms with E-state index in [1.54, 1.807) is 6.20 Å². The maximum atomic E-state index is 11.7. The molecule has 106 valence electrons. The fourth-order valence-corrected chi connectivity index (χ4v) is 2.60. The van der Waals surface area contributed by atoms with Gasteiger partial charge in [0, 0.05) is 38.1 Å². The van der Waals surface area contributed by atoms with Gasteiger partial charge in [0.15, 0.2) is 0 Å². The summed E-state index contributed by atoms with van der Waals surface area (Å²) in [6.07, 6.45) is 5.33. The Kier molecular flexibility index (Phi) is 3.37. The molecule has 3 rings (SSSR count). The van der Waals surface area contributed by atoms with Crippen LogP contribution < -0.4 is 0 Å². The number of rotatable bonds is 3. The summed E-state index contributed by atoms with van der Waals surface area (Å²) in [6.45, 7) is 0.932. The van der Waals surface area contributed by atoms with Crippen LogP contribution in [0.1, 0.15) is 12.1 Å². The molecular weight excluding hydrogens is 260 g/mol. The molecule has 3 heterocycles.